The van der Waals surface area contributed by atoms with Crippen LogP contribution in [-0.4, -0.2) is 0 Å². The van der Waals surface area contributed by atoms with E-state index in [4.69, 9.17) is 0 Å². The Kier molecular flexibility index (Phi) is 10.6. The number of rotatable bonds is 10. The molecule has 2 nitrogen and oxygen atoms in total. The number of thiophene rings is 1. The van der Waals surface area contributed by atoms with Gasteiger partial charge in [0.15, 0.2) is 0 Å². The molecule has 3 heteroatoms. The number of hydrogen-bond donors (Lipinski definition) is 0. The van der Waals surface area contributed by atoms with Crippen LogP contribution >= 0.6 is 11.3 Å². The molecule has 0 saturated heterocycles. The normalized spacial score (nSPS) is 13.4. The number of hydrogen-bond acceptors (Lipinski definition) is 3. The molecule has 2 aliphatic rings. The Morgan fingerprint density at radius 1 is 0.247 bits per heavy atom. The van der Waals surface area contributed by atoms with Gasteiger partial charge in [-0.15, -0.1) is 11.3 Å². The highest BCUT2D eigenvalue weighted by atomic mass is 32.1. The van der Waals surface area contributed by atoms with Crippen LogP contribution in [0.25, 0.3) is 42.4 Å². The van der Waals surface area contributed by atoms with E-state index in [9.17, 15) is 0 Å². The maximum atomic E-state index is 2.52. The molecule has 12 aromatic carbocycles. The second-order valence-corrected chi connectivity index (χ2v) is 21.3. The van der Waals surface area contributed by atoms with E-state index in [0.717, 1.165) is 34.1 Å². The monoisotopic (exact) mass is 998 g/mol. The lowest BCUT2D eigenvalue weighted by atomic mass is 9.67. The van der Waals surface area contributed by atoms with Crippen LogP contribution in [0.2, 0.25) is 0 Å². The Balaban J connectivity index is 0.960. The van der Waals surface area contributed by atoms with Crippen molar-refractivity contribution < 1.29 is 0 Å². The zero-order valence-corrected chi connectivity index (χ0v) is 43.0. The van der Waals surface area contributed by atoms with Crippen molar-refractivity contribution >= 4 is 65.6 Å². The number of benzene rings is 12. The first-order chi connectivity index (χ1) is 38.2. The maximum Gasteiger partial charge on any atom is 0.0714 e. The average Bonchev–Trinajstić information content (AvgIpc) is 4.35. The zero-order valence-electron chi connectivity index (χ0n) is 42.2. The van der Waals surface area contributed by atoms with E-state index >= 15 is 0 Å². The van der Waals surface area contributed by atoms with Crippen molar-refractivity contribution in [2.24, 2.45) is 0 Å². The van der Waals surface area contributed by atoms with Gasteiger partial charge in [-0.2, -0.15) is 0 Å². The van der Waals surface area contributed by atoms with E-state index in [2.05, 4.69) is 313 Å². The zero-order chi connectivity index (χ0) is 50.9. The van der Waals surface area contributed by atoms with Crippen molar-refractivity contribution in [1.82, 2.24) is 0 Å². The van der Waals surface area contributed by atoms with E-state index in [1.807, 2.05) is 11.3 Å². The SMILES string of the molecule is c1ccc(N(c2cccc(N(c3ccc4c(c3)C(c3ccccc3)(c3ccccc3)c3ccccc3-4)c3cccc4c3sc3ccccc34)c2)c2cccc(C3(c4ccccc4)c4ccccc4-c4ccccc43)c2)cc1. The van der Waals surface area contributed by atoms with Gasteiger partial charge in [-0.1, -0.05) is 237 Å². The van der Waals surface area contributed by atoms with Crippen molar-refractivity contribution in [3.8, 4) is 22.3 Å². The van der Waals surface area contributed by atoms with E-state index in [0.29, 0.717) is 0 Å². The Labute approximate surface area is 453 Å². The summed E-state index contributed by atoms with van der Waals surface area (Å²) < 4.78 is 2.52. The quantitative estimate of drug-likeness (QED) is 0.135. The van der Waals surface area contributed by atoms with E-state index in [-0.39, 0.29) is 0 Å². The van der Waals surface area contributed by atoms with Crippen molar-refractivity contribution in [1.29, 1.82) is 0 Å². The molecule has 77 heavy (non-hydrogen) atoms. The summed E-state index contributed by atoms with van der Waals surface area (Å²) in [5.74, 6) is 0. The Morgan fingerprint density at radius 3 is 1.25 bits per heavy atom. The van der Waals surface area contributed by atoms with Gasteiger partial charge in [0.2, 0.25) is 0 Å². The minimum Gasteiger partial charge on any atom is -0.310 e. The van der Waals surface area contributed by atoms with Crippen LogP contribution in [0.3, 0.4) is 0 Å². The van der Waals surface area contributed by atoms with E-state index in [1.165, 1.54) is 86.9 Å². The van der Waals surface area contributed by atoms with Crippen LogP contribution in [0, 0.1) is 0 Å². The summed E-state index contributed by atoms with van der Waals surface area (Å²) in [5.41, 5.74) is 20.6. The third-order valence-electron chi connectivity index (χ3n) is 16.4. The fourth-order valence-electron chi connectivity index (χ4n) is 13.3. The predicted molar refractivity (Wildman–Crippen MR) is 323 cm³/mol. The molecule has 0 N–H and O–H groups in total. The van der Waals surface area contributed by atoms with Crippen molar-refractivity contribution in [3.05, 3.63) is 348 Å². The standard InChI is InChI=1S/C74H50N2S/c1-5-24-51(25-6-1)73(52-26-7-2-8-27-52)66-41-17-15-38-62(66)63-47-46-59(50-69(63)73)76(70-44-23-40-65-64-39-16-20-45-71(64)77-72(65)70)58-35-22-34-57(49-58)75(55-31-11-4-12-32-55)56-33-21-30-54(48-56)74(53-28-9-3-10-29-53)67-42-18-13-36-60(67)61-37-14-19-43-68(61)74/h1-50H. The second kappa shape index (κ2) is 18.1. The maximum absolute atomic E-state index is 2.52. The number of fused-ring (bicyclic) bond motifs is 9. The molecule has 0 spiro atoms. The number of nitrogens with zero attached hydrogens (tertiary/aromatic N) is 2. The van der Waals surface area contributed by atoms with Gasteiger partial charge in [-0.05, 0) is 133 Å². The molecule has 0 radical (unpaired) electrons. The van der Waals surface area contributed by atoms with Gasteiger partial charge in [-0.3, -0.25) is 0 Å². The molecule has 362 valence electrons. The summed E-state index contributed by atoms with van der Waals surface area (Å²) >= 11 is 1.87. The summed E-state index contributed by atoms with van der Waals surface area (Å²) in [5, 5.41) is 2.53. The fourth-order valence-corrected chi connectivity index (χ4v) is 14.5. The largest absolute Gasteiger partial charge is 0.310 e. The van der Waals surface area contributed by atoms with Gasteiger partial charge < -0.3 is 9.80 Å². The summed E-state index contributed by atoms with van der Waals surface area (Å²) in [6.45, 7) is 0. The number of para-hydroxylation sites is 1. The van der Waals surface area contributed by atoms with Crippen LogP contribution in [-0.2, 0) is 10.8 Å². The van der Waals surface area contributed by atoms with E-state index < -0.39 is 10.8 Å². The second-order valence-electron chi connectivity index (χ2n) is 20.3. The van der Waals surface area contributed by atoms with E-state index in [1.54, 1.807) is 0 Å². The molecule has 1 heterocycles. The number of anilines is 6. The van der Waals surface area contributed by atoms with Gasteiger partial charge in [0, 0.05) is 43.9 Å². The first kappa shape index (κ1) is 44.9. The predicted octanol–water partition coefficient (Wildman–Crippen LogP) is 19.7. The topological polar surface area (TPSA) is 6.48 Å². The molecule has 15 rings (SSSR count). The average molecular weight is 999 g/mol. The molecular weight excluding hydrogens is 949 g/mol. The molecular formula is C74H50N2S. The highest BCUT2D eigenvalue weighted by Crippen LogP contribution is 2.59. The van der Waals surface area contributed by atoms with Crippen LogP contribution in [0.4, 0.5) is 34.1 Å². The molecule has 13 aromatic rings. The van der Waals surface area contributed by atoms with Gasteiger partial charge in [0.05, 0.1) is 21.2 Å². The Morgan fingerprint density at radius 2 is 0.649 bits per heavy atom. The first-order valence-corrected chi connectivity index (χ1v) is 27.4. The summed E-state index contributed by atoms with van der Waals surface area (Å²) in [4.78, 5) is 4.95. The molecule has 0 fully saturated rings. The summed E-state index contributed by atoms with van der Waals surface area (Å²) in [7, 11) is 0. The van der Waals surface area contributed by atoms with Crippen molar-refractivity contribution in [3.63, 3.8) is 0 Å². The Hall–Kier alpha value is -9.54. The van der Waals surface area contributed by atoms with Crippen molar-refractivity contribution in [2.45, 2.75) is 10.8 Å². The molecule has 2 aliphatic carbocycles. The van der Waals surface area contributed by atoms with Crippen LogP contribution in [0.1, 0.15) is 44.5 Å². The Bertz CT molecular complexity index is 4270. The van der Waals surface area contributed by atoms with Gasteiger partial charge in [0.25, 0.3) is 0 Å². The van der Waals surface area contributed by atoms with Gasteiger partial charge in [0.1, 0.15) is 0 Å². The smallest absolute Gasteiger partial charge is 0.0714 e. The molecule has 0 unspecified atom stereocenters. The third kappa shape index (κ3) is 6.80. The lowest BCUT2D eigenvalue weighted by Gasteiger charge is -2.35. The molecule has 0 aliphatic heterocycles. The molecule has 0 saturated carbocycles. The molecule has 0 amide bonds. The molecule has 1 aromatic heterocycles. The lowest BCUT2D eigenvalue weighted by molar-refractivity contribution is 0.768. The fraction of sp³-hybridized carbons (Fsp3) is 0.0270. The minimum atomic E-state index is -0.561. The lowest BCUT2D eigenvalue weighted by Crippen LogP contribution is -2.28. The van der Waals surface area contributed by atoms with Gasteiger partial charge in [-0.25, -0.2) is 0 Å². The van der Waals surface area contributed by atoms with Crippen molar-refractivity contribution in [2.75, 3.05) is 9.80 Å². The summed E-state index contributed by atoms with van der Waals surface area (Å²) in [6, 6.07) is 113. The highest BCUT2D eigenvalue weighted by Gasteiger charge is 2.48. The first-order valence-electron chi connectivity index (χ1n) is 26.6. The summed E-state index contributed by atoms with van der Waals surface area (Å²) in [6.07, 6.45) is 0. The molecule has 0 bridgehead atoms. The van der Waals surface area contributed by atoms with Crippen LogP contribution in [0.15, 0.2) is 303 Å². The van der Waals surface area contributed by atoms with Crippen LogP contribution in [0.5, 0.6) is 0 Å². The molecule has 0 atom stereocenters. The minimum absolute atomic E-state index is 0.545. The van der Waals surface area contributed by atoms with Crippen LogP contribution < -0.4 is 9.80 Å². The third-order valence-corrected chi connectivity index (χ3v) is 17.6. The van der Waals surface area contributed by atoms with Gasteiger partial charge >= 0.3 is 0 Å². The highest BCUT2D eigenvalue weighted by molar-refractivity contribution is 7.26.